The van der Waals surface area contributed by atoms with Gasteiger partial charge in [0.05, 0.1) is 10.9 Å². The Kier molecular flexibility index (Phi) is 3.66. The Hall–Kier alpha value is -1.20. The zero-order chi connectivity index (χ0) is 15.2. The lowest BCUT2D eigenvalue weighted by atomic mass is 9.80. The van der Waals surface area contributed by atoms with E-state index in [1.165, 1.54) is 4.31 Å². The van der Waals surface area contributed by atoms with Gasteiger partial charge in [0.2, 0.25) is 10.0 Å². The fraction of sp³-hybridized carbons (Fsp3) is 0.562. The highest BCUT2D eigenvalue weighted by molar-refractivity contribution is 7.89. The van der Waals surface area contributed by atoms with Crippen LogP contribution in [0.4, 0.5) is 0 Å². The molecule has 0 spiro atoms. The molecule has 5 heteroatoms. The number of fused-ring (bicyclic) bond motifs is 1. The molecule has 0 bridgehead atoms. The van der Waals surface area contributed by atoms with E-state index in [1.54, 1.807) is 24.3 Å². The minimum absolute atomic E-state index is 0.0892. The summed E-state index contributed by atoms with van der Waals surface area (Å²) in [7, 11) is -3.58. The van der Waals surface area contributed by atoms with Crippen LogP contribution in [0.15, 0.2) is 29.2 Å². The standard InChI is InChI=1S/C16H21NO3S/c1-11-6-8-13(9-7-11)21(19,20)17-10-12(2)14-4-3-5-15(18)16(14)17/h6-9,12,14,16H,3-5,10H2,1-2H3/t12-,14-,16+/m1/s1. The third kappa shape index (κ3) is 2.42. The highest BCUT2D eigenvalue weighted by atomic mass is 32.2. The molecule has 1 saturated heterocycles. The minimum atomic E-state index is -3.58. The summed E-state index contributed by atoms with van der Waals surface area (Å²) in [5.74, 6) is 0.525. The summed E-state index contributed by atoms with van der Waals surface area (Å²) >= 11 is 0. The number of carbonyl (C=O) groups is 1. The monoisotopic (exact) mass is 307 g/mol. The zero-order valence-corrected chi connectivity index (χ0v) is 13.3. The predicted molar refractivity (Wildman–Crippen MR) is 80.4 cm³/mol. The molecule has 21 heavy (non-hydrogen) atoms. The lowest BCUT2D eigenvalue weighted by Gasteiger charge is -2.30. The van der Waals surface area contributed by atoms with Crippen molar-refractivity contribution in [2.45, 2.75) is 44.0 Å². The summed E-state index contributed by atoms with van der Waals surface area (Å²) in [5, 5.41) is 0. The highest BCUT2D eigenvalue weighted by Gasteiger charge is 2.49. The van der Waals surface area contributed by atoms with Crippen LogP contribution in [0.1, 0.15) is 31.7 Å². The molecular formula is C16H21NO3S. The van der Waals surface area contributed by atoms with Gasteiger partial charge in [0, 0.05) is 13.0 Å². The number of rotatable bonds is 2. The summed E-state index contributed by atoms with van der Waals surface area (Å²) in [5.41, 5.74) is 1.02. The van der Waals surface area contributed by atoms with Gasteiger partial charge in [-0.3, -0.25) is 4.79 Å². The summed E-state index contributed by atoms with van der Waals surface area (Å²) in [6, 6.07) is 6.42. The molecule has 0 unspecified atom stereocenters. The molecule has 0 radical (unpaired) electrons. The molecule has 114 valence electrons. The van der Waals surface area contributed by atoms with E-state index >= 15 is 0 Å². The molecule has 0 aromatic heterocycles. The Morgan fingerprint density at radius 2 is 1.86 bits per heavy atom. The van der Waals surface area contributed by atoms with Crippen molar-refractivity contribution >= 4 is 15.8 Å². The summed E-state index contributed by atoms with van der Waals surface area (Å²) in [6.07, 6.45) is 2.36. The fourth-order valence-corrected chi connectivity index (χ4v) is 5.41. The van der Waals surface area contributed by atoms with E-state index < -0.39 is 16.1 Å². The second kappa shape index (κ2) is 5.21. The van der Waals surface area contributed by atoms with Crippen molar-refractivity contribution < 1.29 is 13.2 Å². The molecule has 3 atom stereocenters. The van der Waals surface area contributed by atoms with Crippen molar-refractivity contribution in [3.63, 3.8) is 0 Å². The van der Waals surface area contributed by atoms with Crippen LogP contribution in [0, 0.1) is 18.8 Å². The first kappa shape index (κ1) is 14.7. The SMILES string of the molecule is Cc1ccc(S(=O)(=O)N2C[C@@H](C)[C@H]3CCCC(=O)[C@H]32)cc1. The van der Waals surface area contributed by atoms with Gasteiger partial charge in [0.25, 0.3) is 0 Å². The molecule has 1 aromatic carbocycles. The molecule has 1 aliphatic heterocycles. The van der Waals surface area contributed by atoms with Crippen LogP contribution in [0.25, 0.3) is 0 Å². The van der Waals surface area contributed by atoms with Gasteiger partial charge in [-0.2, -0.15) is 4.31 Å². The number of nitrogens with zero attached hydrogens (tertiary/aromatic N) is 1. The topological polar surface area (TPSA) is 54.5 Å². The molecule has 2 fully saturated rings. The maximum Gasteiger partial charge on any atom is 0.243 e. The molecule has 3 rings (SSSR count). The van der Waals surface area contributed by atoms with Gasteiger partial charge in [0.1, 0.15) is 0 Å². The van der Waals surface area contributed by atoms with Crippen molar-refractivity contribution in [1.29, 1.82) is 0 Å². The summed E-state index contributed by atoms with van der Waals surface area (Å²) < 4.78 is 27.2. The molecule has 1 saturated carbocycles. The third-order valence-electron chi connectivity index (χ3n) is 4.83. The normalized spacial score (nSPS) is 30.4. The quantitative estimate of drug-likeness (QED) is 0.843. The minimum Gasteiger partial charge on any atom is -0.298 e. The van der Waals surface area contributed by atoms with E-state index in [9.17, 15) is 13.2 Å². The van der Waals surface area contributed by atoms with Crippen molar-refractivity contribution in [3.8, 4) is 0 Å². The molecule has 2 aliphatic rings. The first-order valence-electron chi connectivity index (χ1n) is 7.52. The van der Waals surface area contributed by atoms with Gasteiger partial charge in [-0.1, -0.05) is 24.6 Å². The van der Waals surface area contributed by atoms with E-state index in [2.05, 4.69) is 6.92 Å². The number of sulfonamides is 1. The van der Waals surface area contributed by atoms with Crippen LogP contribution < -0.4 is 0 Å². The van der Waals surface area contributed by atoms with Crippen LogP contribution in [0.3, 0.4) is 0 Å². The Balaban J connectivity index is 1.98. The van der Waals surface area contributed by atoms with Crippen molar-refractivity contribution in [2.24, 2.45) is 11.8 Å². The second-order valence-corrected chi connectivity index (χ2v) is 8.22. The van der Waals surface area contributed by atoms with E-state index in [-0.39, 0.29) is 17.6 Å². The van der Waals surface area contributed by atoms with Crippen molar-refractivity contribution in [1.82, 2.24) is 4.31 Å². The summed E-state index contributed by atoms with van der Waals surface area (Å²) in [4.78, 5) is 12.5. The zero-order valence-electron chi connectivity index (χ0n) is 12.5. The second-order valence-electron chi connectivity index (χ2n) is 6.33. The van der Waals surface area contributed by atoms with Gasteiger partial charge in [0.15, 0.2) is 5.78 Å². The number of aryl methyl sites for hydroxylation is 1. The Labute approximate surface area is 126 Å². The largest absolute Gasteiger partial charge is 0.298 e. The molecule has 0 N–H and O–H groups in total. The van der Waals surface area contributed by atoms with Gasteiger partial charge in [-0.25, -0.2) is 8.42 Å². The van der Waals surface area contributed by atoms with Gasteiger partial charge in [-0.05, 0) is 43.7 Å². The van der Waals surface area contributed by atoms with Crippen molar-refractivity contribution in [2.75, 3.05) is 6.54 Å². The van der Waals surface area contributed by atoms with Crippen LogP contribution >= 0.6 is 0 Å². The number of hydrogen-bond donors (Lipinski definition) is 0. The first-order chi connectivity index (χ1) is 9.91. The van der Waals surface area contributed by atoms with Crippen LogP contribution in [0.2, 0.25) is 0 Å². The number of benzene rings is 1. The average Bonchev–Trinajstić information content (AvgIpc) is 2.79. The van der Waals surface area contributed by atoms with E-state index in [0.717, 1.165) is 18.4 Å². The van der Waals surface area contributed by atoms with Crippen LogP contribution in [0.5, 0.6) is 0 Å². The van der Waals surface area contributed by atoms with Gasteiger partial charge in [-0.15, -0.1) is 0 Å². The summed E-state index contributed by atoms with van der Waals surface area (Å²) in [6.45, 7) is 4.44. The van der Waals surface area contributed by atoms with Gasteiger partial charge >= 0.3 is 0 Å². The number of Topliss-reactive ketones (excluding diaryl/α,β-unsaturated/α-hetero) is 1. The maximum absolute atomic E-state index is 12.9. The maximum atomic E-state index is 12.9. The smallest absolute Gasteiger partial charge is 0.243 e. The number of hydrogen-bond acceptors (Lipinski definition) is 3. The molecule has 0 amide bonds. The first-order valence-corrected chi connectivity index (χ1v) is 8.96. The van der Waals surface area contributed by atoms with E-state index in [4.69, 9.17) is 0 Å². The fourth-order valence-electron chi connectivity index (χ4n) is 3.65. The Morgan fingerprint density at radius 3 is 2.52 bits per heavy atom. The lowest BCUT2D eigenvalue weighted by molar-refractivity contribution is -0.125. The van der Waals surface area contributed by atoms with E-state index in [0.29, 0.717) is 17.9 Å². The lowest BCUT2D eigenvalue weighted by Crippen LogP contribution is -2.44. The van der Waals surface area contributed by atoms with Crippen LogP contribution in [-0.4, -0.2) is 31.1 Å². The van der Waals surface area contributed by atoms with Crippen molar-refractivity contribution in [3.05, 3.63) is 29.8 Å². The number of ketones is 1. The molecule has 1 heterocycles. The van der Waals surface area contributed by atoms with E-state index in [1.807, 2.05) is 6.92 Å². The highest BCUT2D eigenvalue weighted by Crippen LogP contribution is 2.40. The van der Waals surface area contributed by atoms with Gasteiger partial charge < -0.3 is 0 Å². The Morgan fingerprint density at radius 1 is 1.19 bits per heavy atom. The molecule has 1 aromatic rings. The molecule has 4 nitrogen and oxygen atoms in total. The third-order valence-corrected chi connectivity index (χ3v) is 6.69. The molecular weight excluding hydrogens is 286 g/mol. The predicted octanol–water partition coefficient (Wildman–Crippen LogP) is 2.37. The number of carbonyl (C=O) groups excluding carboxylic acids is 1. The Bertz CT molecular complexity index is 651. The van der Waals surface area contributed by atoms with Crippen LogP contribution in [-0.2, 0) is 14.8 Å². The average molecular weight is 307 g/mol. The molecule has 1 aliphatic carbocycles.